The van der Waals surface area contributed by atoms with Crippen LogP contribution in [0.15, 0.2) is 0 Å². The molecule has 0 amide bonds. The topological polar surface area (TPSA) is 56.8 Å². The van der Waals surface area contributed by atoms with Crippen LogP contribution in [0.25, 0.3) is 0 Å². The van der Waals surface area contributed by atoms with E-state index in [1.165, 1.54) is 7.11 Å². The highest BCUT2D eigenvalue weighted by molar-refractivity contribution is 5.80. The van der Waals surface area contributed by atoms with E-state index in [2.05, 4.69) is 5.32 Å². The molecular formula is C15H31NO4. The molecule has 20 heavy (non-hydrogen) atoms. The van der Waals surface area contributed by atoms with Gasteiger partial charge in [-0.25, -0.2) is 0 Å². The summed E-state index contributed by atoms with van der Waals surface area (Å²) < 4.78 is 16.0. The van der Waals surface area contributed by atoms with E-state index in [4.69, 9.17) is 14.2 Å². The molecule has 120 valence electrons. The SMILES string of the molecule is COC(=O)C(C)(CC(C)OCCOC(C)C)NC(C)C. The number of hydrogen-bond acceptors (Lipinski definition) is 5. The van der Waals surface area contributed by atoms with Crippen molar-refractivity contribution in [1.29, 1.82) is 0 Å². The first-order chi connectivity index (χ1) is 9.21. The van der Waals surface area contributed by atoms with Crippen molar-refractivity contribution in [1.82, 2.24) is 5.32 Å². The first-order valence-corrected chi connectivity index (χ1v) is 7.30. The van der Waals surface area contributed by atoms with Crippen LogP contribution in [0.5, 0.6) is 0 Å². The summed E-state index contributed by atoms with van der Waals surface area (Å²) in [6, 6.07) is 0.190. The molecule has 0 aliphatic rings. The van der Waals surface area contributed by atoms with Gasteiger partial charge < -0.3 is 14.2 Å². The maximum absolute atomic E-state index is 12.0. The number of ether oxygens (including phenoxy) is 3. The molecule has 0 saturated carbocycles. The van der Waals surface area contributed by atoms with Crippen LogP contribution in [-0.2, 0) is 19.0 Å². The highest BCUT2D eigenvalue weighted by atomic mass is 16.5. The highest BCUT2D eigenvalue weighted by Gasteiger charge is 2.36. The number of methoxy groups -OCH3 is 1. The quantitative estimate of drug-likeness (QED) is 0.493. The van der Waals surface area contributed by atoms with Gasteiger partial charge in [0.25, 0.3) is 0 Å². The molecule has 2 unspecified atom stereocenters. The van der Waals surface area contributed by atoms with E-state index in [1.807, 2.05) is 41.5 Å². The number of nitrogens with one attached hydrogen (secondary N) is 1. The Balaban J connectivity index is 4.32. The van der Waals surface area contributed by atoms with Crippen LogP contribution in [0.4, 0.5) is 0 Å². The Hall–Kier alpha value is -0.650. The van der Waals surface area contributed by atoms with E-state index in [1.54, 1.807) is 0 Å². The first kappa shape index (κ1) is 19.4. The summed E-state index contributed by atoms with van der Waals surface area (Å²) in [5, 5.41) is 3.26. The molecule has 1 N–H and O–H groups in total. The zero-order valence-corrected chi connectivity index (χ0v) is 14.0. The third kappa shape index (κ3) is 7.82. The van der Waals surface area contributed by atoms with Crippen molar-refractivity contribution >= 4 is 5.97 Å². The third-order valence-corrected chi connectivity index (χ3v) is 2.88. The minimum Gasteiger partial charge on any atom is -0.468 e. The molecule has 5 heteroatoms. The van der Waals surface area contributed by atoms with E-state index in [9.17, 15) is 4.79 Å². The standard InChI is InChI=1S/C15H31NO4/c1-11(2)16-15(6,14(17)18-7)10-13(5)20-9-8-19-12(3)4/h11-13,16H,8-10H2,1-7H3. The number of rotatable bonds is 10. The zero-order chi connectivity index (χ0) is 15.8. The molecule has 0 aliphatic carbocycles. The molecular weight excluding hydrogens is 258 g/mol. The van der Waals surface area contributed by atoms with Gasteiger partial charge in [0.15, 0.2) is 0 Å². The average Bonchev–Trinajstić information content (AvgIpc) is 2.32. The van der Waals surface area contributed by atoms with Crippen molar-refractivity contribution in [2.24, 2.45) is 0 Å². The van der Waals surface area contributed by atoms with Crippen molar-refractivity contribution in [3.63, 3.8) is 0 Å². The minimum atomic E-state index is -0.735. The zero-order valence-electron chi connectivity index (χ0n) is 14.0. The van der Waals surface area contributed by atoms with E-state index < -0.39 is 5.54 Å². The van der Waals surface area contributed by atoms with Gasteiger partial charge in [-0.05, 0) is 41.5 Å². The lowest BCUT2D eigenvalue weighted by Gasteiger charge is -2.32. The first-order valence-electron chi connectivity index (χ1n) is 7.30. The predicted octanol–water partition coefficient (Wildman–Crippen LogP) is 2.14. The van der Waals surface area contributed by atoms with Gasteiger partial charge in [-0.15, -0.1) is 0 Å². The fraction of sp³-hybridized carbons (Fsp3) is 0.933. The maximum Gasteiger partial charge on any atom is 0.325 e. The van der Waals surface area contributed by atoms with Crippen LogP contribution in [0.3, 0.4) is 0 Å². The number of carbonyl (C=O) groups is 1. The normalized spacial score (nSPS) is 16.2. The van der Waals surface area contributed by atoms with Gasteiger partial charge in [-0.3, -0.25) is 10.1 Å². The largest absolute Gasteiger partial charge is 0.468 e. The summed E-state index contributed by atoms with van der Waals surface area (Å²) in [7, 11) is 1.41. The van der Waals surface area contributed by atoms with Gasteiger partial charge in [0.05, 0.1) is 32.5 Å². The van der Waals surface area contributed by atoms with Gasteiger partial charge in [0.2, 0.25) is 0 Å². The lowest BCUT2D eigenvalue weighted by molar-refractivity contribution is -0.150. The van der Waals surface area contributed by atoms with Crippen molar-refractivity contribution in [3.05, 3.63) is 0 Å². The monoisotopic (exact) mass is 289 g/mol. The Morgan fingerprint density at radius 3 is 2.10 bits per heavy atom. The molecule has 0 heterocycles. The number of carbonyl (C=O) groups excluding carboxylic acids is 1. The fourth-order valence-electron chi connectivity index (χ4n) is 2.23. The molecule has 0 fully saturated rings. The molecule has 0 aromatic heterocycles. The molecule has 0 spiro atoms. The third-order valence-electron chi connectivity index (χ3n) is 2.88. The highest BCUT2D eigenvalue weighted by Crippen LogP contribution is 2.17. The number of esters is 1. The molecule has 2 atom stereocenters. The molecule has 0 bridgehead atoms. The van der Waals surface area contributed by atoms with Crippen molar-refractivity contribution < 1.29 is 19.0 Å². The summed E-state index contributed by atoms with van der Waals surface area (Å²) in [5.41, 5.74) is -0.735. The van der Waals surface area contributed by atoms with Gasteiger partial charge in [0, 0.05) is 12.5 Å². The molecule has 0 aromatic rings. The Morgan fingerprint density at radius 1 is 1.10 bits per heavy atom. The van der Waals surface area contributed by atoms with Crippen LogP contribution in [0.2, 0.25) is 0 Å². The van der Waals surface area contributed by atoms with Gasteiger partial charge in [-0.1, -0.05) is 0 Å². The Bertz CT molecular complexity index is 281. The summed E-state index contributed by atoms with van der Waals surface area (Å²) in [4.78, 5) is 12.0. The van der Waals surface area contributed by atoms with Crippen molar-refractivity contribution in [3.8, 4) is 0 Å². The Morgan fingerprint density at radius 2 is 1.65 bits per heavy atom. The van der Waals surface area contributed by atoms with Crippen LogP contribution in [-0.4, -0.2) is 50.1 Å². The predicted molar refractivity (Wildman–Crippen MR) is 79.8 cm³/mol. The summed E-state index contributed by atoms with van der Waals surface area (Å²) in [6.07, 6.45) is 0.706. The lowest BCUT2D eigenvalue weighted by Crippen LogP contribution is -2.54. The molecule has 0 rings (SSSR count). The summed E-state index contributed by atoms with van der Waals surface area (Å²) >= 11 is 0. The van der Waals surface area contributed by atoms with E-state index in [0.717, 1.165) is 0 Å². The van der Waals surface area contributed by atoms with Crippen LogP contribution in [0, 0.1) is 0 Å². The fourth-order valence-corrected chi connectivity index (χ4v) is 2.23. The molecule has 0 saturated heterocycles. The second-order valence-corrected chi connectivity index (χ2v) is 5.93. The van der Waals surface area contributed by atoms with Crippen LogP contribution >= 0.6 is 0 Å². The molecule has 0 aromatic carbocycles. The van der Waals surface area contributed by atoms with E-state index in [-0.39, 0.29) is 24.2 Å². The van der Waals surface area contributed by atoms with Crippen LogP contribution < -0.4 is 5.32 Å². The van der Waals surface area contributed by atoms with Gasteiger partial charge >= 0.3 is 5.97 Å². The lowest BCUT2D eigenvalue weighted by atomic mass is 9.94. The van der Waals surface area contributed by atoms with Crippen LogP contribution in [0.1, 0.15) is 48.0 Å². The Labute approximate surface area is 123 Å². The molecule has 0 radical (unpaired) electrons. The number of hydrogen-bond donors (Lipinski definition) is 1. The summed E-state index contributed by atoms with van der Waals surface area (Å²) in [6.45, 7) is 12.9. The van der Waals surface area contributed by atoms with Gasteiger partial charge in [-0.2, -0.15) is 0 Å². The van der Waals surface area contributed by atoms with Crippen molar-refractivity contribution in [2.75, 3.05) is 20.3 Å². The average molecular weight is 289 g/mol. The Kier molecular flexibility index (Phi) is 9.01. The van der Waals surface area contributed by atoms with E-state index >= 15 is 0 Å². The second kappa shape index (κ2) is 9.32. The minimum absolute atomic E-state index is 0.0545. The van der Waals surface area contributed by atoms with Gasteiger partial charge in [0.1, 0.15) is 5.54 Å². The smallest absolute Gasteiger partial charge is 0.325 e. The molecule has 5 nitrogen and oxygen atoms in total. The van der Waals surface area contributed by atoms with Crippen molar-refractivity contribution in [2.45, 2.75) is 71.8 Å². The second-order valence-electron chi connectivity index (χ2n) is 5.93. The summed E-state index contributed by atoms with van der Waals surface area (Å²) in [5.74, 6) is -0.264. The van der Waals surface area contributed by atoms with E-state index in [0.29, 0.717) is 19.6 Å². The molecule has 0 aliphatic heterocycles. The maximum atomic E-state index is 12.0.